The Morgan fingerprint density at radius 2 is 2.23 bits per heavy atom. The van der Waals surface area contributed by atoms with E-state index in [1.165, 1.54) is 6.07 Å². The quantitative estimate of drug-likeness (QED) is 0.770. The first kappa shape index (κ1) is 8.50. The monoisotopic (exact) mass is 243 g/mol. The molecule has 0 fully saturated rings. The van der Waals surface area contributed by atoms with E-state index >= 15 is 0 Å². The summed E-state index contributed by atoms with van der Waals surface area (Å²) in [5.41, 5.74) is 6.39. The lowest BCUT2D eigenvalue weighted by atomic mass is 10.2. The molecule has 0 spiro atoms. The van der Waals surface area contributed by atoms with Crippen LogP contribution in [0.5, 0.6) is 0 Å². The zero-order valence-electron chi connectivity index (χ0n) is 6.88. The summed E-state index contributed by atoms with van der Waals surface area (Å²) in [4.78, 5) is 0. The summed E-state index contributed by atoms with van der Waals surface area (Å²) >= 11 is 3.10. The number of rotatable bonds is 0. The van der Waals surface area contributed by atoms with E-state index in [1.807, 2.05) is 0 Å². The molecule has 0 aliphatic heterocycles. The molecule has 1 aromatic carbocycles. The average Bonchev–Trinajstić information content (AvgIpc) is 2.31. The second kappa shape index (κ2) is 2.70. The van der Waals surface area contributed by atoms with Crippen molar-refractivity contribution in [3.63, 3.8) is 0 Å². The van der Waals surface area contributed by atoms with Crippen LogP contribution in [0.2, 0.25) is 0 Å². The van der Waals surface area contributed by atoms with Crippen LogP contribution in [0.25, 0.3) is 10.9 Å². The number of nitrogen functional groups attached to an aromatic ring is 1. The second-order valence-corrected chi connectivity index (χ2v) is 3.65. The molecular formula is C8H7BrFN3. The van der Waals surface area contributed by atoms with Gasteiger partial charge in [-0.25, -0.2) is 4.39 Å². The molecule has 3 nitrogen and oxygen atoms in total. The summed E-state index contributed by atoms with van der Waals surface area (Å²) < 4.78 is 15.1. The lowest BCUT2D eigenvalue weighted by Crippen LogP contribution is -1.91. The van der Waals surface area contributed by atoms with Crippen molar-refractivity contribution in [3.8, 4) is 0 Å². The molecule has 2 rings (SSSR count). The summed E-state index contributed by atoms with van der Waals surface area (Å²) in [6.45, 7) is 0. The van der Waals surface area contributed by atoms with Gasteiger partial charge in [0.1, 0.15) is 5.82 Å². The highest BCUT2D eigenvalue weighted by molar-refractivity contribution is 9.10. The molecule has 0 aliphatic rings. The maximum Gasteiger partial charge on any atom is 0.153 e. The maximum atomic E-state index is 13.1. The first-order chi connectivity index (χ1) is 6.09. The van der Waals surface area contributed by atoms with Crippen LogP contribution in [0.3, 0.4) is 0 Å². The Hall–Kier alpha value is -1.10. The Labute approximate surface area is 82.5 Å². The van der Waals surface area contributed by atoms with Crippen molar-refractivity contribution in [1.82, 2.24) is 9.78 Å². The van der Waals surface area contributed by atoms with Crippen LogP contribution in [0, 0.1) is 5.82 Å². The summed E-state index contributed by atoms with van der Waals surface area (Å²) in [5, 5.41) is 4.62. The van der Waals surface area contributed by atoms with Gasteiger partial charge in [0.15, 0.2) is 5.82 Å². The van der Waals surface area contributed by atoms with Gasteiger partial charge in [0.25, 0.3) is 0 Å². The number of nitrogens with zero attached hydrogens (tertiary/aromatic N) is 2. The number of hydrogen-bond donors (Lipinski definition) is 1. The molecule has 0 saturated heterocycles. The highest BCUT2D eigenvalue weighted by atomic mass is 79.9. The van der Waals surface area contributed by atoms with Gasteiger partial charge >= 0.3 is 0 Å². The Kier molecular flexibility index (Phi) is 1.76. The van der Waals surface area contributed by atoms with Crippen LogP contribution in [-0.4, -0.2) is 9.78 Å². The van der Waals surface area contributed by atoms with Crippen LogP contribution in [0.4, 0.5) is 10.2 Å². The van der Waals surface area contributed by atoms with Gasteiger partial charge in [-0.05, 0) is 28.1 Å². The minimum atomic E-state index is -0.327. The average molecular weight is 244 g/mol. The first-order valence-corrected chi connectivity index (χ1v) is 4.46. The Balaban J connectivity index is 2.91. The predicted molar refractivity (Wildman–Crippen MR) is 52.8 cm³/mol. The maximum absolute atomic E-state index is 13.1. The van der Waals surface area contributed by atoms with E-state index in [9.17, 15) is 4.39 Å². The SMILES string of the molecule is Cn1nc(N)c2cc(F)c(Br)cc21. The fourth-order valence-electron chi connectivity index (χ4n) is 1.28. The van der Waals surface area contributed by atoms with Gasteiger partial charge < -0.3 is 5.73 Å². The van der Waals surface area contributed by atoms with Gasteiger partial charge in [0.2, 0.25) is 0 Å². The van der Waals surface area contributed by atoms with E-state index in [0.29, 0.717) is 15.7 Å². The van der Waals surface area contributed by atoms with E-state index in [0.717, 1.165) is 5.52 Å². The molecule has 0 unspecified atom stereocenters. The lowest BCUT2D eigenvalue weighted by Gasteiger charge is -1.96. The third-order valence-electron chi connectivity index (χ3n) is 1.92. The third kappa shape index (κ3) is 1.19. The molecule has 0 atom stereocenters. The highest BCUT2D eigenvalue weighted by Gasteiger charge is 2.09. The molecule has 0 aliphatic carbocycles. The molecule has 2 aromatic rings. The van der Waals surface area contributed by atoms with E-state index in [-0.39, 0.29) is 5.82 Å². The van der Waals surface area contributed by atoms with Gasteiger partial charge in [-0.15, -0.1) is 0 Å². The van der Waals surface area contributed by atoms with Gasteiger partial charge in [-0.1, -0.05) is 0 Å². The number of hydrogen-bond acceptors (Lipinski definition) is 2. The third-order valence-corrected chi connectivity index (χ3v) is 2.53. The van der Waals surface area contributed by atoms with E-state index in [2.05, 4.69) is 21.0 Å². The number of aromatic nitrogens is 2. The molecular weight excluding hydrogens is 237 g/mol. The normalized spacial score (nSPS) is 11.0. The van der Waals surface area contributed by atoms with Crippen molar-refractivity contribution in [2.45, 2.75) is 0 Å². The summed E-state index contributed by atoms with van der Waals surface area (Å²) in [5.74, 6) is 0.0242. The van der Waals surface area contributed by atoms with E-state index in [4.69, 9.17) is 5.73 Å². The minimum absolute atomic E-state index is 0.327. The van der Waals surface area contributed by atoms with Crippen LogP contribution < -0.4 is 5.73 Å². The van der Waals surface area contributed by atoms with Crippen molar-refractivity contribution in [2.75, 3.05) is 5.73 Å². The Morgan fingerprint density at radius 1 is 1.54 bits per heavy atom. The number of anilines is 1. The second-order valence-electron chi connectivity index (χ2n) is 2.79. The fraction of sp³-hybridized carbons (Fsp3) is 0.125. The topological polar surface area (TPSA) is 43.8 Å². The van der Waals surface area contributed by atoms with Crippen LogP contribution in [0.15, 0.2) is 16.6 Å². The van der Waals surface area contributed by atoms with Gasteiger partial charge in [-0.2, -0.15) is 5.10 Å². The number of fused-ring (bicyclic) bond motifs is 1. The summed E-state index contributed by atoms with van der Waals surface area (Å²) in [6, 6.07) is 3.04. The Morgan fingerprint density at radius 3 is 2.92 bits per heavy atom. The molecule has 1 heterocycles. The molecule has 1 aromatic heterocycles. The van der Waals surface area contributed by atoms with Crippen LogP contribution >= 0.6 is 15.9 Å². The molecule has 5 heteroatoms. The molecule has 0 bridgehead atoms. The van der Waals surface area contributed by atoms with Crippen molar-refractivity contribution in [1.29, 1.82) is 0 Å². The zero-order chi connectivity index (χ0) is 9.59. The van der Waals surface area contributed by atoms with Crippen molar-refractivity contribution >= 4 is 32.7 Å². The highest BCUT2D eigenvalue weighted by Crippen LogP contribution is 2.26. The van der Waals surface area contributed by atoms with Gasteiger partial charge in [0.05, 0.1) is 9.99 Å². The number of nitrogens with two attached hydrogens (primary N) is 1. The number of benzene rings is 1. The number of aryl methyl sites for hydroxylation is 1. The van der Waals surface area contributed by atoms with Gasteiger partial charge in [-0.3, -0.25) is 4.68 Å². The van der Waals surface area contributed by atoms with Crippen molar-refractivity contribution in [2.24, 2.45) is 7.05 Å². The van der Waals surface area contributed by atoms with Crippen LogP contribution in [0.1, 0.15) is 0 Å². The summed E-state index contributed by atoms with van der Waals surface area (Å²) in [6.07, 6.45) is 0. The predicted octanol–water partition coefficient (Wildman–Crippen LogP) is 2.06. The lowest BCUT2D eigenvalue weighted by molar-refractivity contribution is 0.623. The molecule has 2 N–H and O–H groups in total. The molecule has 0 radical (unpaired) electrons. The number of halogens is 2. The molecule has 0 saturated carbocycles. The van der Waals surface area contributed by atoms with Gasteiger partial charge in [0, 0.05) is 12.4 Å². The first-order valence-electron chi connectivity index (χ1n) is 3.67. The van der Waals surface area contributed by atoms with Crippen molar-refractivity contribution < 1.29 is 4.39 Å². The summed E-state index contributed by atoms with van der Waals surface area (Å²) in [7, 11) is 1.77. The fourth-order valence-corrected chi connectivity index (χ4v) is 1.61. The standard InChI is InChI=1S/C8H7BrFN3/c1-13-7-3-5(9)6(10)2-4(7)8(11)12-13/h2-3H,1H3,(H2,11,12). The molecule has 13 heavy (non-hydrogen) atoms. The molecule has 0 amide bonds. The smallest absolute Gasteiger partial charge is 0.153 e. The molecule has 68 valence electrons. The van der Waals surface area contributed by atoms with E-state index < -0.39 is 0 Å². The zero-order valence-corrected chi connectivity index (χ0v) is 8.47. The minimum Gasteiger partial charge on any atom is -0.382 e. The largest absolute Gasteiger partial charge is 0.382 e. The van der Waals surface area contributed by atoms with Crippen LogP contribution in [-0.2, 0) is 7.05 Å². The van der Waals surface area contributed by atoms with E-state index in [1.54, 1.807) is 17.8 Å². The van der Waals surface area contributed by atoms with Crippen molar-refractivity contribution in [3.05, 3.63) is 22.4 Å². The Bertz CT molecular complexity index is 436.